The highest BCUT2D eigenvalue weighted by Crippen LogP contribution is 2.33. The highest BCUT2D eigenvalue weighted by Gasteiger charge is 2.28. The van der Waals surface area contributed by atoms with Gasteiger partial charge in [-0.2, -0.15) is 0 Å². The summed E-state index contributed by atoms with van der Waals surface area (Å²) in [5, 5.41) is 3.71. The van der Waals surface area contributed by atoms with E-state index in [1.165, 1.54) is 24.0 Å². The number of benzene rings is 1. The Hall–Kier alpha value is -0.820. The van der Waals surface area contributed by atoms with Crippen LogP contribution in [-0.4, -0.2) is 6.04 Å². The van der Waals surface area contributed by atoms with Crippen molar-refractivity contribution in [2.45, 2.75) is 58.5 Å². The molecule has 94 valence electrons. The first kappa shape index (κ1) is 12.6. The highest BCUT2D eigenvalue weighted by atomic mass is 15.0. The van der Waals surface area contributed by atoms with Gasteiger partial charge >= 0.3 is 0 Å². The average molecular weight is 231 g/mol. The maximum atomic E-state index is 3.71. The molecule has 1 fully saturated rings. The molecule has 0 spiro atoms. The van der Waals surface area contributed by atoms with E-state index in [1.54, 1.807) is 0 Å². The molecule has 1 aliphatic carbocycles. The van der Waals surface area contributed by atoms with Crippen molar-refractivity contribution in [2.75, 3.05) is 0 Å². The quantitative estimate of drug-likeness (QED) is 0.798. The third-order valence-electron chi connectivity index (χ3n) is 3.95. The van der Waals surface area contributed by atoms with Gasteiger partial charge in [-0.3, -0.25) is 0 Å². The van der Waals surface area contributed by atoms with Gasteiger partial charge in [0.25, 0.3) is 0 Å². The SMILES string of the molecule is CC(C)c1ccc(C(C)NC(C)C2CC2)cc1. The van der Waals surface area contributed by atoms with Crippen LogP contribution >= 0.6 is 0 Å². The van der Waals surface area contributed by atoms with Crippen molar-refractivity contribution in [3.05, 3.63) is 35.4 Å². The van der Waals surface area contributed by atoms with Gasteiger partial charge in [0.2, 0.25) is 0 Å². The summed E-state index contributed by atoms with van der Waals surface area (Å²) in [5.74, 6) is 1.55. The lowest BCUT2D eigenvalue weighted by molar-refractivity contribution is 0.441. The summed E-state index contributed by atoms with van der Waals surface area (Å²) in [5.41, 5.74) is 2.83. The van der Waals surface area contributed by atoms with E-state index in [0.717, 1.165) is 5.92 Å². The third-order valence-corrected chi connectivity index (χ3v) is 3.95. The second-order valence-corrected chi connectivity index (χ2v) is 5.84. The van der Waals surface area contributed by atoms with E-state index in [0.29, 0.717) is 18.0 Å². The van der Waals surface area contributed by atoms with E-state index in [9.17, 15) is 0 Å². The number of hydrogen-bond acceptors (Lipinski definition) is 1. The molecule has 0 bridgehead atoms. The van der Waals surface area contributed by atoms with Crippen LogP contribution < -0.4 is 5.32 Å². The molecule has 0 saturated heterocycles. The van der Waals surface area contributed by atoms with Crippen molar-refractivity contribution < 1.29 is 0 Å². The van der Waals surface area contributed by atoms with Crippen LogP contribution in [0.3, 0.4) is 0 Å². The first-order chi connectivity index (χ1) is 8.08. The lowest BCUT2D eigenvalue weighted by Gasteiger charge is -2.20. The second-order valence-electron chi connectivity index (χ2n) is 5.84. The summed E-state index contributed by atoms with van der Waals surface area (Å²) in [4.78, 5) is 0. The molecule has 1 aliphatic rings. The van der Waals surface area contributed by atoms with E-state index in [-0.39, 0.29) is 0 Å². The molecule has 0 radical (unpaired) electrons. The third kappa shape index (κ3) is 3.32. The van der Waals surface area contributed by atoms with Gasteiger partial charge in [0.05, 0.1) is 0 Å². The molecule has 0 amide bonds. The summed E-state index contributed by atoms with van der Waals surface area (Å²) < 4.78 is 0. The van der Waals surface area contributed by atoms with E-state index in [1.807, 2.05) is 0 Å². The van der Waals surface area contributed by atoms with Crippen LogP contribution in [0.5, 0.6) is 0 Å². The summed E-state index contributed by atoms with van der Waals surface area (Å²) in [6, 6.07) is 10.2. The van der Waals surface area contributed by atoms with Crippen molar-refractivity contribution in [1.82, 2.24) is 5.32 Å². The predicted molar refractivity (Wildman–Crippen MR) is 74.3 cm³/mol. The van der Waals surface area contributed by atoms with Gasteiger partial charge < -0.3 is 5.32 Å². The van der Waals surface area contributed by atoms with Gasteiger partial charge in [0.15, 0.2) is 0 Å². The fourth-order valence-electron chi connectivity index (χ4n) is 2.39. The van der Waals surface area contributed by atoms with E-state index in [2.05, 4.69) is 57.3 Å². The van der Waals surface area contributed by atoms with E-state index < -0.39 is 0 Å². The predicted octanol–water partition coefficient (Wildman–Crippen LogP) is 4.26. The smallest absolute Gasteiger partial charge is 0.0294 e. The molecule has 0 heterocycles. The van der Waals surface area contributed by atoms with Crippen LogP contribution in [0.1, 0.15) is 63.6 Å². The molecule has 2 unspecified atom stereocenters. The molecule has 1 saturated carbocycles. The Morgan fingerprint density at radius 2 is 1.47 bits per heavy atom. The fraction of sp³-hybridized carbons (Fsp3) is 0.625. The van der Waals surface area contributed by atoms with Crippen LogP contribution in [-0.2, 0) is 0 Å². The Balaban J connectivity index is 1.95. The Morgan fingerprint density at radius 1 is 0.941 bits per heavy atom. The van der Waals surface area contributed by atoms with Crippen molar-refractivity contribution >= 4 is 0 Å². The second kappa shape index (κ2) is 5.22. The zero-order valence-corrected chi connectivity index (χ0v) is 11.5. The lowest BCUT2D eigenvalue weighted by Crippen LogP contribution is -2.30. The van der Waals surface area contributed by atoms with Crippen molar-refractivity contribution in [3.63, 3.8) is 0 Å². The largest absolute Gasteiger partial charge is 0.307 e. The van der Waals surface area contributed by atoms with Crippen molar-refractivity contribution in [3.8, 4) is 0 Å². The van der Waals surface area contributed by atoms with E-state index >= 15 is 0 Å². The van der Waals surface area contributed by atoms with Crippen molar-refractivity contribution in [1.29, 1.82) is 0 Å². The van der Waals surface area contributed by atoms with Gasteiger partial charge in [0, 0.05) is 12.1 Å². The molecule has 1 aromatic rings. The molecule has 1 heteroatoms. The van der Waals surface area contributed by atoms with Crippen molar-refractivity contribution in [2.24, 2.45) is 5.92 Å². The molecular formula is C16H25N. The first-order valence-corrected chi connectivity index (χ1v) is 6.94. The Morgan fingerprint density at radius 3 is 1.94 bits per heavy atom. The molecule has 1 aromatic carbocycles. The minimum absolute atomic E-state index is 0.465. The fourth-order valence-corrected chi connectivity index (χ4v) is 2.39. The first-order valence-electron chi connectivity index (χ1n) is 6.94. The molecular weight excluding hydrogens is 206 g/mol. The number of hydrogen-bond donors (Lipinski definition) is 1. The Labute approximate surface area is 106 Å². The highest BCUT2D eigenvalue weighted by molar-refractivity contribution is 5.26. The molecule has 17 heavy (non-hydrogen) atoms. The van der Waals surface area contributed by atoms with Crippen LogP contribution in [0.15, 0.2) is 24.3 Å². The lowest BCUT2D eigenvalue weighted by atomic mass is 9.99. The van der Waals surface area contributed by atoms with Crippen LogP contribution in [0.4, 0.5) is 0 Å². The van der Waals surface area contributed by atoms with E-state index in [4.69, 9.17) is 0 Å². The normalized spacial score (nSPS) is 19.4. The minimum Gasteiger partial charge on any atom is -0.307 e. The van der Waals surface area contributed by atoms with Gasteiger partial charge in [0.1, 0.15) is 0 Å². The average Bonchev–Trinajstić information content (AvgIpc) is 3.12. The van der Waals surface area contributed by atoms with Gasteiger partial charge in [-0.1, -0.05) is 38.1 Å². The number of nitrogens with one attached hydrogen (secondary N) is 1. The Kier molecular flexibility index (Phi) is 3.88. The Bertz CT molecular complexity index is 348. The molecule has 0 aromatic heterocycles. The van der Waals surface area contributed by atoms with Gasteiger partial charge in [-0.15, -0.1) is 0 Å². The topological polar surface area (TPSA) is 12.0 Å². The minimum atomic E-state index is 0.465. The molecule has 0 aliphatic heterocycles. The molecule has 2 atom stereocenters. The van der Waals surface area contributed by atoms with Crippen LogP contribution in [0, 0.1) is 5.92 Å². The monoisotopic (exact) mass is 231 g/mol. The summed E-state index contributed by atoms with van der Waals surface area (Å²) >= 11 is 0. The maximum absolute atomic E-state index is 3.71. The van der Waals surface area contributed by atoms with Gasteiger partial charge in [-0.25, -0.2) is 0 Å². The summed E-state index contributed by atoms with van der Waals surface area (Å²) in [7, 11) is 0. The molecule has 1 nitrogen and oxygen atoms in total. The molecule has 2 rings (SSSR count). The van der Waals surface area contributed by atoms with Crippen LogP contribution in [0.25, 0.3) is 0 Å². The maximum Gasteiger partial charge on any atom is 0.0294 e. The zero-order chi connectivity index (χ0) is 12.4. The summed E-state index contributed by atoms with van der Waals surface area (Å²) in [6.07, 6.45) is 2.82. The molecule has 1 N–H and O–H groups in total. The standard InChI is InChI=1S/C16H25N/c1-11(2)14-5-7-15(8-6-14)12(3)17-13(4)16-9-10-16/h5-8,11-13,16-17H,9-10H2,1-4H3. The van der Waals surface area contributed by atoms with Gasteiger partial charge in [-0.05, 0) is 49.7 Å². The number of rotatable bonds is 5. The van der Waals surface area contributed by atoms with Crippen LogP contribution in [0.2, 0.25) is 0 Å². The zero-order valence-electron chi connectivity index (χ0n) is 11.5. The summed E-state index contributed by atoms with van der Waals surface area (Å²) in [6.45, 7) is 9.07.